The van der Waals surface area contributed by atoms with Gasteiger partial charge in [0.1, 0.15) is 5.60 Å². The maximum absolute atomic E-state index is 11.6. The summed E-state index contributed by atoms with van der Waals surface area (Å²) in [5.41, 5.74) is -1.39. The molecule has 1 unspecified atom stereocenters. The van der Waals surface area contributed by atoms with Crippen molar-refractivity contribution < 1.29 is 93.2 Å². The van der Waals surface area contributed by atoms with E-state index in [1.165, 1.54) is 0 Å². The van der Waals surface area contributed by atoms with E-state index in [2.05, 4.69) is 10.4 Å². The van der Waals surface area contributed by atoms with Crippen LogP contribution in [0, 0.1) is 11.8 Å². The van der Waals surface area contributed by atoms with Crippen molar-refractivity contribution in [3.63, 3.8) is 0 Å². The molecule has 2 rings (SSSR count). The van der Waals surface area contributed by atoms with Gasteiger partial charge in [0, 0.05) is 60.2 Å². The van der Waals surface area contributed by atoms with E-state index in [0.29, 0.717) is 26.1 Å². The Labute approximate surface area is 205 Å². The third kappa shape index (κ3) is 6.74. The van der Waals surface area contributed by atoms with Gasteiger partial charge in [-0.15, -0.1) is 0 Å². The van der Waals surface area contributed by atoms with E-state index >= 15 is 0 Å². The molecule has 11 heteroatoms. The fourth-order valence-electron chi connectivity index (χ4n) is 3.54. The second kappa shape index (κ2) is 13.4. The van der Waals surface area contributed by atoms with Crippen molar-refractivity contribution in [3.8, 4) is 0 Å². The van der Waals surface area contributed by atoms with E-state index in [0.717, 1.165) is 12.8 Å². The number of amides is 1. The Bertz CT molecular complexity index is 466. The molecule has 0 aromatic heterocycles. The normalized spacial score (nSPS) is 34.2. The van der Waals surface area contributed by atoms with Crippen molar-refractivity contribution in [1.29, 1.82) is 0 Å². The van der Waals surface area contributed by atoms with Crippen molar-refractivity contribution in [2.75, 3.05) is 13.2 Å². The van der Waals surface area contributed by atoms with Gasteiger partial charge in [-0.1, -0.05) is 38.3 Å². The molecule has 1 heterocycles. The van der Waals surface area contributed by atoms with Crippen LogP contribution in [0.25, 0.3) is 5.32 Å². The monoisotopic (exact) mass is 649 g/mol. The van der Waals surface area contributed by atoms with E-state index in [-0.39, 0.29) is 71.5 Å². The van der Waals surface area contributed by atoms with Crippen LogP contribution in [0.4, 0.5) is 0 Å². The number of hydrogen-bond donors (Lipinski definition) is 0. The van der Waals surface area contributed by atoms with Crippen LogP contribution in [0.15, 0.2) is 0 Å². The Balaban J connectivity index is 0.00000364. The zero-order valence-corrected chi connectivity index (χ0v) is 22.9. The van der Waals surface area contributed by atoms with Gasteiger partial charge in [-0.3, -0.25) is 0 Å². The molecule has 0 aromatic carbocycles. The molecule has 1 saturated carbocycles. The smallest absolute Gasteiger partial charge is 0.109 e. The Kier molecular flexibility index (Phi) is 13.9. The van der Waals surface area contributed by atoms with Crippen LogP contribution in [-0.2, 0) is 93.2 Å². The molecule has 1 aliphatic heterocycles. The molecule has 1 amide bonds. The molecular formula is C17H30NO8WY-. The number of carbonyl (C=O) groups is 1. The molecular weight excluding hydrogens is 619 g/mol. The average Bonchev–Trinajstić information content (AvgIpc) is 2.59. The van der Waals surface area contributed by atoms with Crippen molar-refractivity contribution in [1.82, 2.24) is 0 Å². The third-order valence-corrected chi connectivity index (χ3v) is 5.50. The van der Waals surface area contributed by atoms with Gasteiger partial charge in [-0.05, 0) is 48.1 Å². The van der Waals surface area contributed by atoms with Crippen molar-refractivity contribution in [2.24, 2.45) is 11.8 Å². The van der Waals surface area contributed by atoms with Gasteiger partial charge in [-0.25, -0.2) is 14.7 Å². The number of β-lactam (4-membered cyclic amide) rings is 1. The Morgan fingerprint density at radius 1 is 1.04 bits per heavy atom. The van der Waals surface area contributed by atoms with Crippen LogP contribution >= 0.6 is 0 Å². The third-order valence-electron chi connectivity index (χ3n) is 5.50. The van der Waals surface area contributed by atoms with Crippen LogP contribution in [0.1, 0.15) is 60.3 Å². The summed E-state index contributed by atoms with van der Waals surface area (Å²) in [6, 6.07) is 0. The molecule has 0 aromatic rings. The Morgan fingerprint density at radius 2 is 1.61 bits per heavy atom. The molecule has 28 heavy (non-hydrogen) atoms. The molecule has 161 valence electrons. The number of carbonyl (C=O) groups excluding carboxylic acids is 1. The number of rotatable bonds is 11. The van der Waals surface area contributed by atoms with E-state index in [4.69, 9.17) is 29.6 Å². The van der Waals surface area contributed by atoms with E-state index in [1.54, 1.807) is 0 Å². The predicted octanol–water partition coefficient (Wildman–Crippen LogP) is 3.34. The summed E-state index contributed by atoms with van der Waals surface area (Å²) in [6.07, 6.45) is 1.70. The summed E-state index contributed by atoms with van der Waals surface area (Å²) < 4.78 is 0. The first-order valence-electron chi connectivity index (χ1n) is 9.24. The summed E-state index contributed by atoms with van der Waals surface area (Å²) in [5, 5.41) is 18.5. The van der Waals surface area contributed by atoms with Gasteiger partial charge >= 0.3 is 0 Å². The SMILES string of the molecule is CCCOOOO[C@@H]1C[C@@](C)(OOOCCC)[C@@H](C)[C@@H](C)C12CC(=O)[N-]2.[W].[Y]. The first-order valence-corrected chi connectivity index (χ1v) is 9.24. The summed E-state index contributed by atoms with van der Waals surface area (Å²) in [7, 11) is 0. The Hall–Kier alpha value is 0.982. The molecule has 9 nitrogen and oxygen atoms in total. The summed E-state index contributed by atoms with van der Waals surface area (Å²) >= 11 is 0. The average molecular weight is 649 g/mol. The molecule has 2 aliphatic rings. The quantitative estimate of drug-likeness (QED) is 0.146. The standard InChI is InChI=1S/C17H31NO8.W.Y/c1-6-8-20-24-23-16(5)10-14(22-26-25-21-9-7-2)17(11-15(19)18-17)13(4)12(16)3;;/h12-14H,6-11H2,1-5H3,(H,18,19);;/p-1/t12-,13+,14+,16+,17?;;/m0../s1. The van der Waals surface area contributed by atoms with Gasteiger partial charge in [0.25, 0.3) is 0 Å². The number of nitrogens with zero attached hydrogens (tertiary/aromatic N) is 1. The fraction of sp³-hybridized carbons (Fsp3) is 0.941. The second-order valence-corrected chi connectivity index (χ2v) is 7.28. The summed E-state index contributed by atoms with van der Waals surface area (Å²) in [4.78, 5) is 32.3. The minimum atomic E-state index is -0.717. The zero-order chi connectivity index (χ0) is 19.2. The topological polar surface area (TPSA) is 95.8 Å². The van der Waals surface area contributed by atoms with Crippen LogP contribution in [-0.4, -0.2) is 36.4 Å². The van der Waals surface area contributed by atoms with E-state index in [9.17, 15) is 4.79 Å². The van der Waals surface area contributed by atoms with Crippen LogP contribution in [0.5, 0.6) is 0 Å². The maximum atomic E-state index is 11.6. The van der Waals surface area contributed by atoms with E-state index < -0.39 is 17.2 Å². The molecule has 5 atom stereocenters. The molecule has 1 radical (unpaired) electrons. The van der Waals surface area contributed by atoms with Crippen molar-refractivity contribution in [3.05, 3.63) is 5.32 Å². The minimum Gasteiger partial charge on any atom is -0.645 e. The largest absolute Gasteiger partial charge is 0.645 e. The minimum absolute atomic E-state index is 0. The maximum Gasteiger partial charge on any atom is 0.109 e. The van der Waals surface area contributed by atoms with Crippen molar-refractivity contribution in [2.45, 2.75) is 77.5 Å². The second-order valence-electron chi connectivity index (χ2n) is 7.28. The Morgan fingerprint density at radius 3 is 2.14 bits per heavy atom. The zero-order valence-electron chi connectivity index (χ0n) is 17.2. The molecule has 1 spiro atoms. The first kappa shape index (κ1) is 29.0. The summed E-state index contributed by atoms with van der Waals surface area (Å²) in [5.74, 6) is -0.131. The van der Waals surface area contributed by atoms with Crippen LogP contribution in [0.3, 0.4) is 0 Å². The molecule has 0 N–H and O–H groups in total. The molecule has 1 saturated heterocycles. The summed E-state index contributed by atoms with van der Waals surface area (Å²) in [6.45, 7) is 10.7. The van der Waals surface area contributed by atoms with Gasteiger partial charge in [0.2, 0.25) is 0 Å². The van der Waals surface area contributed by atoms with Crippen molar-refractivity contribution >= 4 is 5.91 Å². The van der Waals surface area contributed by atoms with Crippen LogP contribution < -0.4 is 0 Å². The number of hydrogen-bond acceptors (Lipinski definition) is 8. The van der Waals surface area contributed by atoms with Crippen LogP contribution in [0.2, 0.25) is 0 Å². The van der Waals surface area contributed by atoms with Gasteiger partial charge in [0.15, 0.2) is 0 Å². The molecule has 0 bridgehead atoms. The van der Waals surface area contributed by atoms with Gasteiger partial charge < -0.3 is 10.1 Å². The van der Waals surface area contributed by atoms with E-state index in [1.807, 2.05) is 34.6 Å². The van der Waals surface area contributed by atoms with Gasteiger partial charge in [0.05, 0.1) is 25.2 Å². The fourth-order valence-corrected chi connectivity index (χ4v) is 3.54. The van der Waals surface area contributed by atoms with Gasteiger partial charge in [-0.2, -0.15) is 4.89 Å². The predicted molar refractivity (Wildman–Crippen MR) is 88.8 cm³/mol. The first-order chi connectivity index (χ1) is 12.4. The molecule has 1 aliphatic carbocycles. The molecule has 2 fully saturated rings.